The van der Waals surface area contributed by atoms with E-state index in [2.05, 4.69) is 33.1 Å². The van der Waals surface area contributed by atoms with E-state index in [-0.39, 0.29) is 11.9 Å². The molecule has 2 aromatic heterocycles. The summed E-state index contributed by atoms with van der Waals surface area (Å²) in [6.45, 7) is 0.704. The second-order valence-corrected chi connectivity index (χ2v) is 7.89. The summed E-state index contributed by atoms with van der Waals surface area (Å²) in [5.41, 5.74) is 3.87. The first-order valence-electron chi connectivity index (χ1n) is 10.7. The topological polar surface area (TPSA) is 51.9 Å². The van der Waals surface area contributed by atoms with Gasteiger partial charge in [0.2, 0.25) is 0 Å². The smallest absolute Gasteiger partial charge is 0.254 e. The summed E-state index contributed by atoms with van der Waals surface area (Å²) in [5, 5.41) is 4.16. The molecule has 1 N–H and O–H groups in total. The number of nitrogens with zero attached hydrogens (tertiary/aromatic N) is 3. The molecule has 0 spiro atoms. The van der Waals surface area contributed by atoms with Crippen molar-refractivity contribution in [1.82, 2.24) is 19.4 Å². The maximum atomic E-state index is 13.6. The van der Waals surface area contributed by atoms with Gasteiger partial charge in [0.15, 0.2) is 0 Å². The fourth-order valence-electron chi connectivity index (χ4n) is 4.15. The van der Waals surface area contributed by atoms with E-state index < -0.39 is 0 Å². The van der Waals surface area contributed by atoms with Crippen LogP contribution in [0.5, 0.6) is 0 Å². The number of amides is 1. The number of carbonyl (C=O) groups excluding carboxylic acids is 1. The maximum absolute atomic E-state index is 13.6. The predicted octanol–water partition coefficient (Wildman–Crippen LogP) is 4.94. The second kappa shape index (κ2) is 8.55. The number of rotatable bonds is 6. The molecule has 5 aromatic rings. The van der Waals surface area contributed by atoms with Crippen molar-refractivity contribution < 1.29 is 4.79 Å². The molecule has 0 aliphatic heterocycles. The van der Waals surface area contributed by atoms with Gasteiger partial charge in [-0.1, -0.05) is 78.9 Å². The van der Waals surface area contributed by atoms with Crippen LogP contribution >= 0.6 is 0 Å². The van der Waals surface area contributed by atoms with Crippen LogP contribution in [0.3, 0.4) is 0 Å². The lowest BCUT2D eigenvalue weighted by molar-refractivity contribution is 0.0942. The molecule has 0 aliphatic rings. The van der Waals surface area contributed by atoms with Crippen LogP contribution in [0.4, 0.5) is 0 Å². The summed E-state index contributed by atoms with van der Waals surface area (Å²) in [7, 11) is 1.94. The van der Waals surface area contributed by atoms with Gasteiger partial charge in [-0.15, -0.1) is 0 Å². The Kier molecular flexibility index (Phi) is 5.30. The fourth-order valence-corrected chi connectivity index (χ4v) is 4.15. The maximum Gasteiger partial charge on any atom is 0.254 e. The van der Waals surface area contributed by atoms with E-state index in [1.54, 1.807) is 6.20 Å². The molecule has 0 saturated carbocycles. The lowest BCUT2D eigenvalue weighted by atomic mass is 10.1. The van der Waals surface area contributed by atoms with Crippen LogP contribution in [-0.4, -0.2) is 20.0 Å². The van der Waals surface area contributed by atoms with Crippen LogP contribution in [0.1, 0.15) is 33.4 Å². The van der Waals surface area contributed by atoms with Crippen molar-refractivity contribution in [2.75, 3.05) is 0 Å². The monoisotopic (exact) mass is 420 g/mol. The van der Waals surface area contributed by atoms with Gasteiger partial charge in [-0.3, -0.25) is 4.79 Å². The van der Waals surface area contributed by atoms with Crippen molar-refractivity contribution in [3.63, 3.8) is 0 Å². The molecule has 32 heavy (non-hydrogen) atoms. The highest BCUT2D eigenvalue weighted by Crippen LogP contribution is 2.25. The second-order valence-electron chi connectivity index (χ2n) is 7.89. The van der Waals surface area contributed by atoms with Crippen molar-refractivity contribution >= 4 is 16.8 Å². The van der Waals surface area contributed by atoms with Gasteiger partial charge in [0, 0.05) is 43.1 Å². The molecule has 0 saturated heterocycles. The number of aromatic nitrogens is 3. The number of aryl methyl sites for hydroxylation is 1. The number of para-hydroxylation sites is 1. The zero-order valence-electron chi connectivity index (χ0n) is 17.8. The third-order valence-electron chi connectivity index (χ3n) is 5.75. The van der Waals surface area contributed by atoms with E-state index in [1.165, 1.54) is 5.56 Å². The Balaban J connectivity index is 1.52. The minimum Gasteiger partial charge on any atom is -0.342 e. The van der Waals surface area contributed by atoms with E-state index >= 15 is 0 Å². The Morgan fingerprint density at radius 2 is 1.62 bits per heavy atom. The zero-order valence-corrected chi connectivity index (χ0v) is 17.8. The Morgan fingerprint density at radius 1 is 0.938 bits per heavy atom. The van der Waals surface area contributed by atoms with Crippen molar-refractivity contribution in [2.24, 2.45) is 7.05 Å². The molecule has 1 atom stereocenters. The Bertz CT molecular complexity index is 1350. The molecule has 1 amide bonds. The first-order valence-corrected chi connectivity index (χ1v) is 10.7. The summed E-state index contributed by atoms with van der Waals surface area (Å²) in [6.07, 6.45) is 5.60. The molecule has 158 valence electrons. The molecule has 3 aromatic carbocycles. The summed E-state index contributed by atoms with van der Waals surface area (Å²) >= 11 is 0. The number of imidazole rings is 1. The zero-order chi connectivity index (χ0) is 21.9. The van der Waals surface area contributed by atoms with Crippen LogP contribution in [0, 0.1) is 0 Å². The number of fused-ring (bicyclic) bond motifs is 1. The highest BCUT2D eigenvalue weighted by molar-refractivity contribution is 6.07. The number of benzene rings is 3. The first kappa shape index (κ1) is 19.8. The van der Waals surface area contributed by atoms with E-state index in [9.17, 15) is 4.79 Å². The standard InChI is InChI=1S/C27H24N4O/c1-30-17-16-28-26(30)25(21-12-6-3-7-13-21)29-27(32)23-19-31(18-20-10-4-2-5-11-20)24-15-9-8-14-22(23)24/h2-17,19,25H,18H2,1H3,(H,29,32). The highest BCUT2D eigenvalue weighted by Gasteiger charge is 2.23. The molecule has 0 radical (unpaired) electrons. The Hall–Kier alpha value is -4.12. The van der Waals surface area contributed by atoms with Gasteiger partial charge < -0.3 is 14.5 Å². The lowest BCUT2D eigenvalue weighted by Crippen LogP contribution is -2.31. The molecule has 1 unspecified atom stereocenters. The average molecular weight is 421 g/mol. The predicted molar refractivity (Wildman–Crippen MR) is 126 cm³/mol. The molecular weight excluding hydrogens is 396 g/mol. The molecule has 0 bridgehead atoms. The summed E-state index contributed by atoms with van der Waals surface area (Å²) in [5.74, 6) is 0.669. The normalized spacial score (nSPS) is 12.0. The molecule has 5 rings (SSSR count). The number of nitrogens with one attached hydrogen (secondary N) is 1. The molecule has 5 heteroatoms. The molecular formula is C27H24N4O. The Morgan fingerprint density at radius 3 is 2.34 bits per heavy atom. The number of carbonyl (C=O) groups is 1. The van der Waals surface area contributed by atoms with E-state index in [0.29, 0.717) is 12.1 Å². The largest absolute Gasteiger partial charge is 0.342 e. The number of hydrogen-bond acceptors (Lipinski definition) is 2. The first-order chi connectivity index (χ1) is 15.7. The lowest BCUT2D eigenvalue weighted by Gasteiger charge is -2.19. The minimum absolute atomic E-state index is 0.120. The molecule has 0 fully saturated rings. The van der Waals surface area contributed by atoms with Gasteiger partial charge in [0.25, 0.3) is 5.91 Å². The van der Waals surface area contributed by atoms with Gasteiger partial charge in [-0.05, 0) is 17.2 Å². The summed E-state index contributed by atoms with van der Waals surface area (Å²) in [4.78, 5) is 18.1. The van der Waals surface area contributed by atoms with Crippen LogP contribution in [0.25, 0.3) is 10.9 Å². The third-order valence-corrected chi connectivity index (χ3v) is 5.75. The average Bonchev–Trinajstić information content (AvgIpc) is 3.42. The van der Waals surface area contributed by atoms with Gasteiger partial charge in [0.05, 0.1) is 5.56 Å². The van der Waals surface area contributed by atoms with Gasteiger partial charge in [0.1, 0.15) is 11.9 Å². The van der Waals surface area contributed by atoms with Crippen molar-refractivity contribution in [3.05, 3.63) is 126 Å². The number of hydrogen-bond donors (Lipinski definition) is 1. The fraction of sp³-hybridized carbons (Fsp3) is 0.111. The highest BCUT2D eigenvalue weighted by atomic mass is 16.1. The quantitative estimate of drug-likeness (QED) is 0.423. The van der Waals surface area contributed by atoms with Gasteiger partial charge in [-0.2, -0.15) is 0 Å². The van der Waals surface area contributed by atoms with Crippen LogP contribution in [-0.2, 0) is 13.6 Å². The molecule has 5 nitrogen and oxygen atoms in total. The Labute approximate surface area is 187 Å². The van der Waals surface area contributed by atoms with E-state index in [1.807, 2.05) is 90.7 Å². The third kappa shape index (κ3) is 3.81. The molecule has 0 aliphatic carbocycles. The minimum atomic E-state index is -0.347. The van der Waals surface area contributed by atoms with Crippen molar-refractivity contribution in [2.45, 2.75) is 12.6 Å². The SMILES string of the molecule is Cn1ccnc1C(NC(=O)c1cn(Cc2ccccc2)c2ccccc12)c1ccccc1. The van der Waals surface area contributed by atoms with Crippen molar-refractivity contribution in [1.29, 1.82) is 0 Å². The van der Waals surface area contributed by atoms with E-state index in [4.69, 9.17) is 0 Å². The van der Waals surface area contributed by atoms with Crippen molar-refractivity contribution in [3.8, 4) is 0 Å². The van der Waals surface area contributed by atoms with Gasteiger partial charge in [-0.25, -0.2) is 4.98 Å². The molecule has 2 heterocycles. The van der Waals surface area contributed by atoms with Crippen LogP contribution < -0.4 is 5.32 Å². The van der Waals surface area contributed by atoms with Crippen LogP contribution in [0.15, 0.2) is 104 Å². The summed E-state index contributed by atoms with van der Waals surface area (Å²) in [6, 6.07) is 27.9. The summed E-state index contributed by atoms with van der Waals surface area (Å²) < 4.78 is 4.08. The van der Waals surface area contributed by atoms with E-state index in [0.717, 1.165) is 22.3 Å². The van der Waals surface area contributed by atoms with Gasteiger partial charge >= 0.3 is 0 Å². The van der Waals surface area contributed by atoms with Crippen LogP contribution in [0.2, 0.25) is 0 Å².